The lowest BCUT2D eigenvalue weighted by atomic mass is 10.2. The molecule has 10 nitrogen and oxygen atoms in total. The van der Waals surface area contributed by atoms with Crippen LogP contribution in [-0.2, 0) is 31.4 Å². The fourth-order valence-electron chi connectivity index (χ4n) is 4.28. The first-order chi connectivity index (χ1) is 19.1. The summed E-state index contributed by atoms with van der Waals surface area (Å²) in [5, 5.41) is 2.69. The standard InChI is InChI=1S/C28H34N4O6S2/c1-3-38-25-11-15-27(16-12-25)40(36,37)32(21-23-7-5-4-6-8-23)22-28(33)29-24-9-13-26(14-10-24)39(34,35)31-19-17-30(2)18-20-31/h4-16H,3,17-22H2,1-2H3,(H,29,33). The molecule has 4 rings (SSSR count). The number of nitrogens with zero attached hydrogens (tertiary/aromatic N) is 3. The van der Waals surface area contributed by atoms with Crippen LogP contribution >= 0.6 is 0 Å². The fraction of sp³-hybridized carbons (Fsp3) is 0.321. The lowest BCUT2D eigenvalue weighted by Gasteiger charge is -2.31. The Bertz CT molecular complexity index is 1490. The van der Waals surface area contributed by atoms with Gasteiger partial charge in [0.2, 0.25) is 26.0 Å². The van der Waals surface area contributed by atoms with Gasteiger partial charge in [0.15, 0.2) is 0 Å². The first kappa shape index (κ1) is 29.7. The third-order valence-corrected chi connectivity index (χ3v) is 10.3. The van der Waals surface area contributed by atoms with Gasteiger partial charge in [-0.3, -0.25) is 4.79 Å². The summed E-state index contributed by atoms with van der Waals surface area (Å²) >= 11 is 0. The Balaban J connectivity index is 1.49. The Morgan fingerprint density at radius 3 is 2.05 bits per heavy atom. The topological polar surface area (TPSA) is 116 Å². The van der Waals surface area contributed by atoms with Gasteiger partial charge in [0.05, 0.1) is 22.9 Å². The number of hydrogen-bond donors (Lipinski definition) is 1. The van der Waals surface area contributed by atoms with E-state index in [-0.39, 0.29) is 16.3 Å². The molecule has 40 heavy (non-hydrogen) atoms. The summed E-state index contributed by atoms with van der Waals surface area (Å²) in [6.45, 7) is 3.99. The second-order valence-electron chi connectivity index (χ2n) is 9.44. The summed E-state index contributed by atoms with van der Waals surface area (Å²) in [5.41, 5.74) is 1.09. The van der Waals surface area contributed by atoms with Crippen molar-refractivity contribution in [3.05, 3.63) is 84.4 Å². The molecule has 0 atom stereocenters. The van der Waals surface area contributed by atoms with Gasteiger partial charge in [0.25, 0.3) is 0 Å². The number of sulfonamides is 2. The number of likely N-dealkylation sites (N-methyl/N-ethyl adjacent to an activating group) is 1. The molecular weight excluding hydrogens is 552 g/mol. The Labute approximate surface area is 236 Å². The number of rotatable bonds is 11. The Morgan fingerprint density at radius 2 is 1.45 bits per heavy atom. The molecule has 1 heterocycles. The van der Waals surface area contributed by atoms with Crippen molar-refractivity contribution in [2.24, 2.45) is 0 Å². The van der Waals surface area contributed by atoms with E-state index in [0.717, 1.165) is 9.87 Å². The van der Waals surface area contributed by atoms with Crippen molar-refractivity contribution in [2.75, 3.05) is 51.7 Å². The number of anilines is 1. The number of carbonyl (C=O) groups excluding carboxylic acids is 1. The highest BCUT2D eigenvalue weighted by Gasteiger charge is 2.29. The second-order valence-corrected chi connectivity index (χ2v) is 13.3. The van der Waals surface area contributed by atoms with Gasteiger partial charge >= 0.3 is 0 Å². The van der Waals surface area contributed by atoms with Crippen LogP contribution in [0, 0.1) is 0 Å². The van der Waals surface area contributed by atoms with Gasteiger partial charge in [0.1, 0.15) is 5.75 Å². The minimum Gasteiger partial charge on any atom is -0.494 e. The summed E-state index contributed by atoms with van der Waals surface area (Å²) in [5.74, 6) is -0.00740. The van der Waals surface area contributed by atoms with Gasteiger partial charge < -0.3 is 15.0 Å². The van der Waals surface area contributed by atoms with E-state index in [1.54, 1.807) is 36.4 Å². The number of piperazine rings is 1. The maximum atomic E-state index is 13.6. The van der Waals surface area contributed by atoms with Crippen LogP contribution in [0.4, 0.5) is 5.69 Å². The molecule has 0 saturated carbocycles. The minimum atomic E-state index is -4.03. The largest absolute Gasteiger partial charge is 0.494 e. The summed E-state index contributed by atoms with van der Waals surface area (Å²) < 4.78 is 61.1. The van der Waals surface area contributed by atoms with Gasteiger partial charge in [0, 0.05) is 38.4 Å². The quantitative estimate of drug-likeness (QED) is 0.367. The Kier molecular flexibility index (Phi) is 9.59. The van der Waals surface area contributed by atoms with Gasteiger partial charge in [-0.05, 0) is 68.1 Å². The van der Waals surface area contributed by atoms with Crippen LogP contribution in [0.5, 0.6) is 5.75 Å². The summed E-state index contributed by atoms with van der Waals surface area (Å²) in [6.07, 6.45) is 0. The predicted molar refractivity (Wildman–Crippen MR) is 153 cm³/mol. The van der Waals surface area contributed by atoms with Crippen molar-refractivity contribution in [1.82, 2.24) is 13.5 Å². The van der Waals surface area contributed by atoms with Crippen molar-refractivity contribution in [3.8, 4) is 5.75 Å². The van der Waals surface area contributed by atoms with Crippen molar-refractivity contribution in [3.63, 3.8) is 0 Å². The molecular formula is C28H34N4O6S2. The number of benzene rings is 3. The van der Waals surface area contributed by atoms with E-state index in [0.29, 0.717) is 44.2 Å². The zero-order valence-corrected chi connectivity index (χ0v) is 24.2. The maximum absolute atomic E-state index is 13.6. The van der Waals surface area contributed by atoms with Crippen molar-refractivity contribution >= 4 is 31.6 Å². The molecule has 1 aliphatic heterocycles. The number of amides is 1. The van der Waals surface area contributed by atoms with Crippen LogP contribution in [0.25, 0.3) is 0 Å². The van der Waals surface area contributed by atoms with E-state index in [4.69, 9.17) is 4.74 Å². The molecule has 3 aromatic carbocycles. The molecule has 0 radical (unpaired) electrons. The highest BCUT2D eigenvalue weighted by Crippen LogP contribution is 2.23. The lowest BCUT2D eigenvalue weighted by Crippen LogP contribution is -2.46. The van der Waals surface area contributed by atoms with Crippen LogP contribution in [0.2, 0.25) is 0 Å². The molecule has 0 unspecified atom stereocenters. The average molecular weight is 587 g/mol. The van der Waals surface area contributed by atoms with Gasteiger partial charge in [-0.1, -0.05) is 30.3 Å². The van der Waals surface area contributed by atoms with Gasteiger partial charge in [-0.25, -0.2) is 16.8 Å². The van der Waals surface area contributed by atoms with Crippen molar-refractivity contribution in [2.45, 2.75) is 23.3 Å². The SMILES string of the molecule is CCOc1ccc(S(=O)(=O)N(CC(=O)Nc2ccc(S(=O)(=O)N3CCN(C)CC3)cc2)Cc2ccccc2)cc1. The van der Waals surface area contributed by atoms with Crippen molar-refractivity contribution < 1.29 is 26.4 Å². The van der Waals surface area contributed by atoms with E-state index in [2.05, 4.69) is 10.2 Å². The van der Waals surface area contributed by atoms with Crippen LogP contribution in [0.3, 0.4) is 0 Å². The summed E-state index contributed by atoms with van der Waals surface area (Å²) in [4.78, 5) is 15.3. The van der Waals surface area contributed by atoms with E-state index in [9.17, 15) is 21.6 Å². The number of hydrogen-bond acceptors (Lipinski definition) is 7. The molecule has 12 heteroatoms. The third kappa shape index (κ3) is 7.26. The average Bonchev–Trinajstić information content (AvgIpc) is 2.94. The Hall–Kier alpha value is -3.29. The molecule has 214 valence electrons. The highest BCUT2D eigenvalue weighted by molar-refractivity contribution is 7.89. The molecule has 1 fully saturated rings. The van der Waals surface area contributed by atoms with E-state index in [1.165, 1.54) is 40.7 Å². The third-order valence-electron chi connectivity index (χ3n) is 6.53. The Morgan fingerprint density at radius 1 is 0.850 bits per heavy atom. The summed E-state index contributed by atoms with van der Waals surface area (Å²) in [6, 6.07) is 21.0. The molecule has 0 spiro atoms. The van der Waals surface area contributed by atoms with Gasteiger partial charge in [-0.15, -0.1) is 0 Å². The molecule has 0 aromatic heterocycles. The zero-order chi connectivity index (χ0) is 28.8. The van der Waals surface area contributed by atoms with E-state index < -0.39 is 32.5 Å². The first-order valence-electron chi connectivity index (χ1n) is 12.9. The lowest BCUT2D eigenvalue weighted by molar-refractivity contribution is -0.116. The number of ether oxygens (including phenoxy) is 1. The van der Waals surface area contributed by atoms with E-state index >= 15 is 0 Å². The normalized spacial score (nSPS) is 15.2. The fourth-order valence-corrected chi connectivity index (χ4v) is 7.09. The van der Waals surface area contributed by atoms with Crippen molar-refractivity contribution in [1.29, 1.82) is 0 Å². The number of carbonyl (C=O) groups is 1. The van der Waals surface area contributed by atoms with Crippen LogP contribution in [0.15, 0.2) is 88.7 Å². The minimum absolute atomic E-state index is 0.00793. The van der Waals surface area contributed by atoms with E-state index in [1.807, 2.05) is 20.0 Å². The summed E-state index contributed by atoms with van der Waals surface area (Å²) in [7, 11) is -5.73. The first-order valence-corrected chi connectivity index (χ1v) is 15.8. The smallest absolute Gasteiger partial charge is 0.243 e. The second kappa shape index (κ2) is 12.9. The molecule has 0 aliphatic carbocycles. The molecule has 3 aromatic rings. The van der Waals surface area contributed by atoms with Gasteiger partial charge in [-0.2, -0.15) is 8.61 Å². The molecule has 0 bridgehead atoms. The number of nitrogens with one attached hydrogen (secondary N) is 1. The molecule has 1 saturated heterocycles. The molecule has 1 aliphatic rings. The monoisotopic (exact) mass is 586 g/mol. The zero-order valence-electron chi connectivity index (χ0n) is 22.6. The maximum Gasteiger partial charge on any atom is 0.243 e. The predicted octanol–water partition coefficient (Wildman–Crippen LogP) is 2.85. The van der Waals surface area contributed by atoms with Crippen LogP contribution in [0.1, 0.15) is 12.5 Å². The van der Waals surface area contributed by atoms with Crippen LogP contribution in [-0.4, -0.2) is 82.6 Å². The molecule has 1 N–H and O–H groups in total. The molecule has 1 amide bonds. The highest BCUT2D eigenvalue weighted by atomic mass is 32.2. The van der Waals surface area contributed by atoms with Crippen LogP contribution < -0.4 is 10.1 Å².